The van der Waals surface area contributed by atoms with Crippen LogP contribution in [0.1, 0.15) is 45.5 Å². The summed E-state index contributed by atoms with van der Waals surface area (Å²) in [6, 6.07) is 27.9. The molecule has 7 heteroatoms. The Morgan fingerprint density at radius 2 is 0.921 bits per heavy atom. The average Bonchev–Trinajstić information content (AvgIpc) is 2.94. The summed E-state index contributed by atoms with van der Waals surface area (Å²) in [5.74, 6) is 0.921. The number of ether oxygens (including phenoxy) is 4. The van der Waals surface area contributed by atoms with Crippen LogP contribution in [0.3, 0.4) is 0 Å². The maximum atomic E-state index is 12.6. The Bertz CT molecular complexity index is 1410. The lowest BCUT2D eigenvalue weighted by Gasteiger charge is -2.14. The summed E-state index contributed by atoms with van der Waals surface area (Å²) >= 11 is 0. The minimum atomic E-state index is -0.885. The van der Waals surface area contributed by atoms with Gasteiger partial charge in [0.15, 0.2) is 5.78 Å². The van der Waals surface area contributed by atoms with Gasteiger partial charge in [0.25, 0.3) is 0 Å². The lowest BCUT2D eigenvalue weighted by atomic mass is 9.93. The number of aryl methyl sites for hydroxylation is 1. The average molecular weight is 511 g/mol. The first-order chi connectivity index (χ1) is 18.3. The van der Waals surface area contributed by atoms with Gasteiger partial charge in [0.1, 0.15) is 17.2 Å². The predicted octanol–water partition coefficient (Wildman–Crippen LogP) is 7.10. The van der Waals surface area contributed by atoms with Crippen molar-refractivity contribution in [3.8, 4) is 17.2 Å². The van der Waals surface area contributed by atoms with E-state index < -0.39 is 12.3 Å². The normalized spacial score (nSPS) is 11.2. The Morgan fingerprint density at radius 3 is 1.34 bits per heavy atom. The van der Waals surface area contributed by atoms with E-state index in [0.717, 1.165) is 16.7 Å². The summed E-state index contributed by atoms with van der Waals surface area (Å²) in [5, 5.41) is 0. The van der Waals surface area contributed by atoms with E-state index in [4.69, 9.17) is 14.2 Å². The molecule has 1 unspecified atom stereocenters. The highest BCUT2D eigenvalue weighted by Gasteiger charge is 2.13. The fraction of sp³-hybridized carbons (Fsp3) is 0.129. The predicted molar refractivity (Wildman–Crippen MR) is 141 cm³/mol. The Kier molecular flexibility index (Phi) is 8.18. The van der Waals surface area contributed by atoms with Gasteiger partial charge in [-0.05, 0) is 66.6 Å². The molecule has 0 N–H and O–H groups in total. The van der Waals surface area contributed by atoms with Crippen LogP contribution in [0.4, 0.5) is 9.59 Å². The molecular formula is C31H26O7. The number of ketones is 1. The Labute approximate surface area is 220 Å². The molecule has 38 heavy (non-hydrogen) atoms. The topological polar surface area (TPSA) is 88.1 Å². The highest BCUT2D eigenvalue weighted by atomic mass is 16.7. The van der Waals surface area contributed by atoms with E-state index in [2.05, 4.69) is 4.74 Å². The van der Waals surface area contributed by atoms with Crippen LogP contribution in [-0.4, -0.2) is 25.2 Å². The highest BCUT2D eigenvalue weighted by molar-refractivity contribution is 6.09. The first-order valence-electron chi connectivity index (χ1n) is 11.9. The fourth-order valence-electron chi connectivity index (χ4n) is 3.74. The number of rotatable bonds is 7. The summed E-state index contributed by atoms with van der Waals surface area (Å²) in [7, 11) is 1.25. The molecule has 0 aliphatic heterocycles. The van der Waals surface area contributed by atoms with Gasteiger partial charge in [0.05, 0.1) is 7.11 Å². The van der Waals surface area contributed by atoms with E-state index in [1.807, 2.05) is 50.2 Å². The monoisotopic (exact) mass is 510 g/mol. The van der Waals surface area contributed by atoms with Crippen LogP contribution in [-0.2, 0) is 4.74 Å². The van der Waals surface area contributed by atoms with E-state index in [9.17, 15) is 14.4 Å². The summed E-state index contributed by atoms with van der Waals surface area (Å²) in [5.41, 5.74) is 4.17. The van der Waals surface area contributed by atoms with Crippen LogP contribution >= 0.6 is 0 Å². The third kappa shape index (κ3) is 6.64. The number of carbonyl (C=O) groups excluding carboxylic acids is 3. The summed E-state index contributed by atoms with van der Waals surface area (Å²) in [6.07, 6.45) is -1.66. The van der Waals surface area contributed by atoms with Crippen LogP contribution < -0.4 is 14.2 Å². The van der Waals surface area contributed by atoms with Crippen LogP contribution in [0, 0.1) is 6.92 Å². The Balaban J connectivity index is 1.32. The number of hydrogen-bond acceptors (Lipinski definition) is 7. The zero-order chi connectivity index (χ0) is 27.1. The molecule has 0 heterocycles. The SMILES string of the molecule is COC(=O)Oc1ccc(C(C)c2ccc(OC(=O)Oc3ccc(C(=O)c4ccc(C)cc4)cc3)cc2)cc1. The van der Waals surface area contributed by atoms with Crippen LogP contribution in [0.2, 0.25) is 0 Å². The number of hydrogen-bond donors (Lipinski definition) is 0. The van der Waals surface area contributed by atoms with Crippen molar-refractivity contribution in [2.75, 3.05) is 7.11 Å². The zero-order valence-electron chi connectivity index (χ0n) is 21.2. The summed E-state index contributed by atoms with van der Waals surface area (Å²) in [4.78, 5) is 36.1. The number of methoxy groups -OCH3 is 1. The molecule has 0 bridgehead atoms. The molecule has 0 spiro atoms. The standard InChI is InChI=1S/C31H26O7/c1-20-4-6-24(7-5-20)29(32)25-12-18-28(19-13-25)38-31(34)37-27-16-10-23(11-17-27)21(2)22-8-14-26(15-9-22)36-30(33)35-3/h4-19,21H,1-3H3. The van der Waals surface area contributed by atoms with Crippen LogP contribution in [0.15, 0.2) is 97.1 Å². The molecule has 7 nitrogen and oxygen atoms in total. The molecule has 0 aliphatic carbocycles. The minimum absolute atomic E-state index is 0.0457. The number of benzene rings is 4. The highest BCUT2D eigenvalue weighted by Crippen LogP contribution is 2.27. The van der Waals surface area contributed by atoms with Crippen molar-refractivity contribution in [2.45, 2.75) is 19.8 Å². The van der Waals surface area contributed by atoms with E-state index in [0.29, 0.717) is 22.6 Å². The van der Waals surface area contributed by atoms with Crippen molar-refractivity contribution in [2.24, 2.45) is 0 Å². The van der Waals surface area contributed by atoms with Gasteiger partial charge in [-0.1, -0.05) is 61.0 Å². The third-order valence-corrected chi connectivity index (χ3v) is 5.96. The maximum Gasteiger partial charge on any atom is 0.519 e. The molecule has 0 saturated heterocycles. The van der Waals surface area contributed by atoms with Gasteiger partial charge in [0.2, 0.25) is 0 Å². The van der Waals surface area contributed by atoms with E-state index in [1.165, 1.54) is 7.11 Å². The van der Waals surface area contributed by atoms with Gasteiger partial charge in [0, 0.05) is 17.0 Å². The van der Waals surface area contributed by atoms with Gasteiger partial charge < -0.3 is 18.9 Å². The van der Waals surface area contributed by atoms with Gasteiger partial charge >= 0.3 is 12.3 Å². The van der Waals surface area contributed by atoms with Crippen molar-refractivity contribution in [1.29, 1.82) is 0 Å². The van der Waals surface area contributed by atoms with E-state index >= 15 is 0 Å². The second-order valence-corrected chi connectivity index (χ2v) is 8.59. The molecule has 4 aromatic carbocycles. The van der Waals surface area contributed by atoms with Crippen molar-refractivity contribution in [3.05, 3.63) is 125 Å². The van der Waals surface area contributed by atoms with Crippen LogP contribution in [0.5, 0.6) is 17.2 Å². The Hall–Kier alpha value is -4.91. The molecule has 4 rings (SSSR count). The van der Waals surface area contributed by atoms with Crippen molar-refractivity contribution >= 4 is 18.1 Å². The largest absolute Gasteiger partial charge is 0.519 e. The summed E-state index contributed by atoms with van der Waals surface area (Å²) < 4.78 is 20.0. The van der Waals surface area contributed by atoms with E-state index in [1.54, 1.807) is 60.7 Å². The smallest absolute Gasteiger partial charge is 0.437 e. The van der Waals surface area contributed by atoms with Crippen molar-refractivity contribution in [3.63, 3.8) is 0 Å². The second kappa shape index (κ2) is 11.9. The Morgan fingerprint density at radius 1 is 0.553 bits per heavy atom. The van der Waals surface area contributed by atoms with Gasteiger partial charge in [-0.3, -0.25) is 4.79 Å². The second-order valence-electron chi connectivity index (χ2n) is 8.59. The minimum Gasteiger partial charge on any atom is -0.437 e. The quantitative estimate of drug-likeness (QED) is 0.149. The molecule has 0 saturated carbocycles. The first-order valence-corrected chi connectivity index (χ1v) is 11.9. The van der Waals surface area contributed by atoms with Crippen molar-refractivity contribution < 1.29 is 33.3 Å². The molecule has 192 valence electrons. The number of carbonyl (C=O) groups is 3. The molecule has 4 aromatic rings. The van der Waals surface area contributed by atoms with Crippen molar-refractivity contribution in [1.82, 2.24) is 0 Å². The lowest BCUT2D eigenvalue weighted by molar-refractivity contribution is 0.103. The molecule has 0 radical (unpaired) electrons. The van der Waals surface area contributed by atoms with Gasteiger partial charge in [-0.25, -0.2) is 9.59 Å². The molecule has 0 amide bonds. The third-order valence-electron chi connectivity index (χ3n) is 5.96. The zero-order valence-corrected chi connectivity index (χ0v) is 21.2. The summed E-state index contributed by atoms with van der Waals surface area (Å²) in [6.45, 7) is 3.99. The molecule has 1 atom stereocenters. The van der Waals surface area contributed by atoms with Gasteiger partial charge in [-0.2, -0.15) is 0 Å². The molecule has 0 fully saturated rings. The lowest BCUT2D eigenvalue weighted by Crippen LogP contribution is -2.14. The first kappa shape index (κ1) is 26.2. The van der Waals surface area contributed by atoms with Crippen LogP contribution in [0.25, 0.3) is 0 Å². The maximum absolute atomic E-state index is 12.6. The molecule has 0 aliphatic rings. The fourth-order valence-corrected chi connectivity index (χ4v) is 3.74. The van der Waals surface area contributed by atoms with Gasteiger partial charge in [-0.15, -0.1) is 0 Å². The van der Waals surface area contributed by atoms with E-state index in [-0.39, 0.29) is 17.5 Å². The molecular weight excluding hydrogens is 484 g/mol. The molecule has 0 aromatic heterocycles.